The van der Waals surface area contributed by atoms with Crippen LogP contribution >= 0.6 is 0 Å². The van der Waals surface area contributed by atoms with Gasteiger partial charge in [-0.3, -0.25) is 0 Å². The molecule has 0 aliphatic heterocycles. The summed E-state index contributed by atoms with van der Waals surface area (Å²) in [7, 11) is 0. The van der Waals surface area contributed by atoms with Crippen LogP contribution in [0.25, 0.3) is 0 Å². The van der Waals surface area contributed by atoms with E-state index in [1.54, 1.807) is 6.26 Å². The average Bonchev–Trinajstić information content (AvgIpc) is 2.74. The second-order valence-corrected chi connectivity index (χ2v) is 4.45. The fourth-order valence-corrected chi connectivity index (χ4v) is 1.48. The van der Waals surface area contributed by atoms with Crippen LogP contribution in [-0.4, -0.2) is 18.7 Å². The molecule has 3 heteroatoms. The van der Waals surface area contributed by atoms with Gasteiger partial charge in [0, 0.05) is 6.04 Å². The molecule has 0 saturated carbocycles. The Morgan fingerprint density at radius 2 is 2.19 bits per heavy atom. The van der Waals surface area contributed by atoms with Crippen LogP contribution in [0.1, 0.15) is 39.4 Å². The van der Waals surface area contributed by atoms with Gasteiger partial charge < -0.3 is 14.5 Å². The second kappa shape index (κ2) is 7.47. The highest BCUT2D eigenvalue weighted by molar-refractivity contribution is 4.96. The van der Waals surface area contributed by atoms with E-state index in [2.05, 4.69) is 26.1 Å². The predicted octanol–water partition coefficient (Wildman–Crippen LogP) is 2.96. The SMILES string of the molecule is CC(C)NCCCC(C)OCc1ccco1. The van der Waals surface area contributed by atoms with Crippen molar-refractivity contribution in [2.24, 2.45) is 0 Å². The first-order valence-electron chi connectivity index (χ1n) is 6.06. The van der Waals surface area contributed by atoms with E-state index in [-0.39, 0.29) is 0 Å². The van der Waals surface area contributed by atoms with Crippen LogP contribution in [0.2, 0.25) is 0 Å². The van der Waals surface area contributed by atoms with E-state index in [0.29, 0.717) is 18.8 Å². The van der Waals surface area contributed by atoms with E-state index in [4.69, 9.17) is 9.15 Å². The van der Waals surface area contributed by atoms with Crippen molar-refractivity contribution in [3.63, 3.8) is 0 Å². The first-order valence-corrected chi connectivity index (χ1v) is 6.06. The molecule has 0 saturated heterocycles. The van der Waals surface area contributed by atoms with Gasteiger partial charge in [0.1, 0.15) is 12.4 Å². The van der Waals surface area contributed by atoms with Crippen LogP contribution < -0.4 is 5.32 Å². The maximum atomic E-state index is 5.67. The zero-order valence-corrected chi connectivity index (χ0v) is 10.5. The highest BCUT2D eigenvalue weighted by Crippen LogP contribution is 2.07. The lowest BCUT2D eigenvalue weighted by molar-refractivity contribution is 0.0364. The molecule has 0 aromatic carbocycles. The van der Waals surface area contributed by atoms with E-state index in [9.17, 15) is 0 Å². The quantitative estimate of drug-likeness (QED) is 0.691. The van der Waals surface area contributed by atoms with Gasteiger partial charge in [-0.15, -0.1) is 0 Å². The third kappa shape index (κ3) is 5.93. The lowest BCUT2D eigenvalue weighted by Crippen LogP contribution is -2.24. The van der Waals surface area contributed by atoms with Crippen LogP contribution in [0.3, 0.4) is 0 Å². The summed E-state index contributed by atoms with van der Waals surface area (Å²) >= 11 is 0. The van der Waals surface area contributed by atoms with E-state index in [0.717, 1.165) is 25.1 Å². The molecule has 0 fully saturated rings. The molecule has 0 aliphatic carbocycles. The normalized spacial score (nSPS) is 13.2. The summed E-state index contributed by atoms with van der Waals surface area (Å²) in [5.41, 5.74) is 0. The Morgan fingerprint density at radius 1 is 1.38 bits per heavy atom. The Labute approximate surface area is 98.2 Å². The number of rotatable bonds is 8. The van der Waals surface area contributed by atoms with E-state index in [1.807, 2.05) is 12.1 Å². The Balaban J connectivity index is 2.00. The van der Waals surface area contributed by atoms with Gasteiger partial charge in [-0.2, -0.15) is 0 Å². The van der Waals surface area contributed by atoms with Gasteiger partial charge in [-0.1, -0.05) is 13.8 Å². The maximum absolute atomic E-state index is 5.67. The van der Waals surface area contributed by atoms with Crippen molar-refractivity contribution in [2.75, 3.05) is 6.54 Å². The van der Waals surface area contributed by atoms with Crippen molar-refractivity contribution in [1.82, 2.24) is 5.32 Å². The van der Waals surface area contributed by atoms with Crippen molar-refractivity contribution in [3.05, 3.63) is 24.2 Å². The molecule has 16 heavy (non-hydrogen) atoms. The summed E-state index contributed by atoms with van der Waals surface area (Å²) < 4.78 is 10.9. The molecule has 0 amide bonds. The van der Waals surface area contributed by atoms with Crippen LogP contribution in [0.4, 0.5) is 0 Å². The minimum Gasteiger partial charge on any atom is -0.467 e. The Morgan fingerprint density at radius 3 is 2.81 bits per heavy atom. The van der Waals surface area contributed by atoms with Crippen molar-refractivity contribution in [1.29, 1.82) is 0 Å². The Kier molecular flexibility index (Phi) is 6.19. The highest BCUT2D eigenvalue weighted by Gasteiger charge is 2.04. The molecule has 3 nitrogen and oxygen atoms in total. The molecule has 1 rings (SSSR count). The lowest BCUT2D eigenvalue weighted by Gasteiger charge is -2.13. The molecule has 1 atom stereocenters. The monoisotopic (exact) mass is 225 g/mol. The van der Waals surface area contributed by atoms with Gasteiger partial charge in [0.2, 0.25) is 0 Å². The molecule has 1 heterocycles. The van der Waals surface area contributed by atoms with Crippen LogP contribution in [0.15, 0.2) is 22.8 Å². The van der Waals surface area contributed by atoms with E-state index >= 15 is 0 Å². The average molecular weight is 225 g/mol. The maximum Gasteiger partial charge on any atom is 0.129 e. The number of hydrogen-bond donors (Lipinski definition) is 1. The van der Waals surface area contributed by atoms with Crippen LogP contribution in [-0.2, 0) is 11.3 Å². The minimum atomic E-state index is 0.291. The number of nitrogens with one attached hydrogen (secondary N) is 1. The van der Waals surface area contributed by atoms with E-state index in [1.165, 1.54) is 0 Å². The third-order valence-electron chi connectivity index (χ3n) is 2.43. The van der Waals surface area contributed by atoms with Gasteiger partial charge in [0.25, 0.3) is 0 Å². The summed E-state index contributed by atoms with van der Waals surface area (Å²) in [6.07, 6.45) is 4.20. The van der Waals surface area contributed by atoms with Crippen molar-refractivity contribution >= 4 is 0 Å². The van der Waals surface area contributed by atoms with Gasteiger partial charge >= 0.3 is 0 Å². The zero-order chi connectivity index (χ0) is 11.8. The molecule has 1 unspecified atom stereocenters. The summed E-state index contributed by atoms with van der Waals surface area (Å²) in [4.78, 5) is 0. The number of ether oxygens (including phenoxy) is 1. The first kappa shape index (κ1) is 13.3. The molecule has 1 aromatic rings. The molecule has 0 aliphatic rings. The van der Waals surface area contributed by atoms with Crippen LogP contribution in [0, 0.1) is 0 Å². The summed E-state index contributed by atoms with van der Waals surface area (Å²) in [5.74, 6) is 0.896. The highest BCUT2D eigenvalue weighted by atomic mass is 16.5. The number of furan rings is 1. The van der Waals surface area contributed by atoms with Gasteiger partial charge in [0.05, 0.1) is 12.4 Å². The van der Waals surface area contributed by atoms with Crippen molar-refractivity contribution in [3.8, 4) is 0 Å². The van der Waals surface area contributed by atoms with E-state index < -0.39 is 0 Å². The fraction of sp³-hybridized carbons (Fsp3) is 0.692. The topological polar surface area (TPSA) is 34.4 Å². The zero-order valence-electron chi connectivity index (χ0n) is 10.5. The molecule has 0 bridgehead atoms. The van der Waals surface area contributed by atoms with Crippen molar-refractivity contribution < 1.29 is 9.15 Å². The van der Waals surface area contributed by atoms with Gasteiger partial charge in [-0.05, 0) is 38.4 Å². The fourth-order valence-electron chi connectivity index (χ4n) is 1.48. The smallest absolute Gasteiger partial charge is 0.129 e. The first-order chi connectivity index (χ1) is 7.68. The standard InChI is InChI=1S/C13H23NO2/c1-11(2)14-8-4-6-12(3)16-10-13-7-5-9-15-13/h5,7,9,11-12,14H,4,6,8,10H2,1-3H3. The third-order valence-corrected chi connectivity index (χ3v) is 2.43. The predicted molar refractivity (Wildman–Crippen MR) is 65.3 cm³/mol. The molecule has 92 valence electrons. The Hall–Kier alpha value is -0.800. The van der Waals surface area contributed by atoms with Crippen molar-refractivity contribution in [2.45, 2.75) is 52.4 Å². The molecular weight excluding hydrogens is 202 g/mol. The van der Waals surface area contributed by atoms with Crippen LogP contribution in [0.5, 0.6) is 0 Å². The largest absolute Gasteiger partial charge is 0.467 e. The summed E-state index contributed by atoms with van der Waals surface area (Å²) in [6.45, 7) is 8.07. The molecule has 1 aromatic heterocycles. The van der Waals surface area contributed by atoms with Gasteiger partial charge in [-0.25, -0.2) is 0 Å². The minimum absolute atomic E-state index is 0.291. The lowest BCUT2D eigenvalue weighted by atomic mass is 10.2. The molecule has 0 spiro atoms. The van der Waals surface area contributed by atoms with Gasteiger partial charge in [0.15, 0.2) is 0 Å². The summed E-state index contributed by atoms with van der Waals surface area (Å²) in [6, 6.07) is 4.39. The molecular formula is C13H23NO2. The summed E-state index contributed by atoms with van der Waals surface area (Å²) in [5, 5.41) is 3.40. The second-order valence-electron chi connectivity index (χ2n) is 4.45. The molecule has 1 N–H and O–H groups in total. The number of hydrogen-bond acceptors (Lipinski definition) is 3. The Bertz CT molecular complexity index is 257. The molecule has 0 radical (unpaired) electrons.